The van der Waals surface area contributed by atoms with E-state index in [0.29, 0.717) is 12.8 Å². The van der Waals surface area contributed by atoms with E-state index in [-0.39, 0.29) is 18.0 Å². The summed E-state index contributed by atoms with van der Waals surface area (Å²) >= 11 is 0. The molecule has 0 atom stereocenters. The van der Waals surface area contributed by atoms with Gasteiger partial charge in [-0.15, -0.1) is 0 Å². The molecule has 0 amide bonds. The van der Waals surface area contributed by atoms with E-state index in [2.05, 4.69) is 4.74 Å². The number of methoxy groups -OCH3 is 1. The van der Waals surface area contributed by atoms with Crippen molar-refractivity contribution in [1.29, 1.82) is 0 Å². The number of carbonyl (C=O) groups is 3. The fraction of sp³-hybridized carbons (Fsp3) is 0.545. The van der Waals surface area contributed by atoms with E-state index >= 15 is 0 Å². The summed E-state index contributed by atoms with van der Waals surface area (Å²) in [6.45, 7) is 1.63. The Hall–Kier alpha value is -1.45. The Balaban J connectivity index is 2.64. The second-order valence-corrected chi connectivity index (χ2v) is 3.81. The van der Waals surface area contributed by atoms with Gasteiger partial charge in [0.05, 0.1) is 12.5 Å². The minimum absolute atomic E-state index is 0.0398. The lowest BCUT2D eigenvalue weighted by atomic mass is 9.83. The molecule has 0 aromatic rings. The molecule has 0 saturated heterocycles. The zero-order chi connectivity index (χ0) is 11.5. The molecule has 1 aliphatic rings. The fourth-order valence-corrected chi connectivity index (χ4v) is 1.62. The van der Waals surface area contributed by atoms with Crippen LogP contribution in [0.25, 0.3) is 0 Å². The molecule has 4 heteroatoms. The Kier molecular flexibility index (Phi) is 3.39. The van der Waals surface area contributed by atoms with Crippen LogP contribution < -0.4 is 0 Å². The van der Waals surface area contributed by atoms with E-state index < -0.39 is 11.4 Å². The van der Waals surface area contributed by atoms with E-state index in [0.717, 1.165) is 0 Å². The average Bonchev–Trinajstić information content (AvgIpc) is 2.46. The van der Waals surface area contributed by atoms with Crippen molar-refractivity contribution in [3.8, 4) is 0 Å². The lowest BCUT2D eigenvalue weighted by Crippen LogP contribution is -2.28. The molecule has 0 spiro atoms. The highest BCUT2D eigenvalue weighted by molar-refractivity contribution is 6.12. The van der Waals surface area contributed by atoms with Crippen LogP contribution in [0.2, 0.25) is 0 Å². The summed E-state index contributed by atoms with van der Waals surface area (Å²) in [4.78, 5) is 33.7. The summed E-state index contributed by atoms with van der Waals surface area (Å²) in [5, 5.41) is 0. The first kappa shape index (κ1) is 11.6. The number of carbonyl (C=O) groups excluding carboxylic acids is 3. The SMILES string of the molecule is COC(=O)/C=C/CC1(C)C(=O)CCC1=O. The van der Waals surface area contributed by atoms with Gasteiger partial charge in [-0.2, -0.15) is 0 Å². The molecule has 0 N–H and O–H groups in total. The molecule has 82 valence electrons. The van der Waals surface area contributed by atoms with E-state index in [4.69, 9.17) is 0 Å². The Morgan fingerprint density at radius 3 is 2.40 bits per heavy atom. The van der Waals surface area contributed by atoms with Crippen molar-refractivity contribution in [2.24, 2.45) is 5.41 Å². The third-order valence-electron chi connectivity index (χ3n) is 2.79. The number of hydrogen-bond acceptors (Lipinski definition) is 4. The summed E-state index contributed by atoms with van der Waals surface area (Å²) in [5.41, 5.74) is -0.926. The van der Waals surface area contributed by atoms with Crippen LogP contribution in [0.5, 0.6) is 0 Å². The monoisotopic (exact) mass is 210 g/mol. The normalized spacial score (nSPS) is 19.9. The maximum absolute atomic E-state index is 11.5. The van der Waals surface area contributed by atoms with E-state index in [1.54, 1.807) is 6.92 Å². The Labute approximate surface area is 88.3 Å². The van der Waals surface area contributed by atoms with Gasteiger partial charge in [-0.1, -0.05) is 6.08 Å². The van der Waals surface area contributed by atoms with E-state index in [1.807, 2.05) is 0 Å². The first-order valence-corrected chi connectivity index (χ1v) is 4.82. The van der Waals surface area contributed by atoms with Crippen LogP contribution in [-0.4, -0.2) is 24.6 Å². The molecule has 0 heterocycles. The van der Waals surface area contributed by atoms with Crippen molar-refractivity contribution >= 4 is 17.5 Å². The van der Waals surface area contributed by atoms with Crippen LogP contribution >= 0.6 is 0 Å². The van der Waals surface area contributed by atoms with Crippen molar-refractivity contribution < 1.29 is 19.1 Å². The third kappa shape index (κ3) is 2.32. The Morgan fingerprint density at radius 2 is 1.93 bits per heavy atom. The minimum Gasteiger partial charge on any atom is -0.466 e. The third-order valence-corrected chi connectivity index (χ3v) is 2.79. The summed E-state index contributed by atoms with van der Waals surface area (Å²) in [6, 6.07) is 0. The summed E-state index contributed by atoms with van der Waals surface area (Å²) in [6.07, 6.45) is 3.68. The highest BCUT2D eigenvalue weighted by Gasteiger charge is 2.43. The standard InChI is InChI=1S/C11H14O4/c1-11(7-3-4-10(14)15-2)8(12)5-6-9(11)13/h3-4H,5-7H2,1-2H3/b4-3+. The molecule has 1 saturated carbocycles. The van der Waals surface area contributed by atoms with Gasteiger partial charge < -0.3 is 4.74 Å². The molecule has 4 nitrogen and oxygen atoms in total. The van der Waals surface area contributed by atoms with Crippen molar-refractivity contribution in [2.45, 2.75) is 26.2 Å². The van der Waals surface area contributed by atoms with Crippen molar-refractivity contribution in [3.63, 3.8) is 0 Å². The van der Waals surface area contributed by atoms with Gasteiger partial charge in [-0.25, -0.2) is 4.79 Å². The number of Topliss-reactive ketones (excluding diaryl/α,β-unsaturated/α-hetero) is 2. The van der Waals surface area contributed by atoms with Crippen molar-refractivity contribution in [1.82, 2.24) is 0 Å². The Morgan fingerprint density at radius 1 is 1.40 bits per heavy atom. The van der Waals surface area contributed by atoms with Crippen LogP contribution in [0.3, 0.4) is 0 Å². The number of ketones is 2. The van der Waals surface area contributed by atoms with Gasteiger partial charge in [0.25, 0.3) is 0 Å². The van der Waals surface area contributed by atoms with Gasteiger partial charge in [0.15, 0.2) is 0 Å². The predicted octanol–water partition coefficient (Wildman–Crippen LogP) is 1.04. The Bertz CT molecular complexity index is 311. The largest absolute Gasteiger partial charge is 0.466 e. The molecule has 1 rings (SSSR count). The quantitative estimate of drug-likeness (QED) is 0.397. The van der Waals surface area contributed by atoms with Crippen molar-refractivity contribution in [3.05, 3.63) is 12.2 Å². The molecule has 15 heavy (non-hydrogen) atoms. The van der Waals surface area contributed by atoms with Crippen LogP contribution in [0.4, 0.5) is 0 Å². The van der Waals surface area contributed by atoms with Crippen LogP contribution in [0.15, 0.2) is 12.2 Å². The first-order chi connectivity index (χ1) is 7.00. The van der Waals surface area contributed by atoms with Gasteiger partial charge in [0.2, 0.25) is 0 Å². The molecule has 0 radical (unpaired) electrons. The molecule has 1 aliphatic carbocycles. The highest BCUT2D eigenvalue weighted by atomic mass is 16.5. The molecule has 1 fully saturated rings. The van der Waals surface area contributed by atoms with Crippen molar-refractivity contribution in [2.75, 3.05) is 7.11 Å². The lowest BCUT2D eigenvalue weighted by Gasteiger charge is -2.17. The molecule has 0 aromatic carbocycles. The lowest BCUT2D eigenvalue weighted by molar-refractivity contribution is -0.136. The maximum atomic E-state index is 11.5. The molecule has 0 bridgehead atoms. The fourth-order valence-electron chi connectivity index (χ4n) is 1.62. The van der Waals surface area contributed by atoms with Crippen LogP contribution in [0, 0.1) is 5.41 Å². The van der Waals surface area contributed by atoms with Crippen LogP contribution in [0.1, 0.15) is 26.2 Å². The minimum atomic E-state index is -0.926. The number of rotatable bonds is 3. The molecule has 0 aliphatic heterocycles. The molecular weight excluding hydrogens is 196 g/mol. The van der Waals surface area contributed by atoms with Gasteiger partial charge >= 0.3 is 5.97 Å². The summed E-state index contributed by atoms with van der Waals surface area (Å²) in [7, 11) is 1.28. The van der Waals surface area contributed by atoms with Gasteiger partial charge in [-0.05, 0) is 13.3 Å². The van der Waals surface area contributed by atoms with E-state index in [1.165, 1.54) is 19.3 Å². The second-order valence-electron chi connectivity index (χ2n) is 3.81. The van der Waals surface area contributed by atoms with Gasteiger partial charge in [0.1, 0.15) is 11.6 Å². The number of allylic oxidation sites excluding steroid dienone is 1. The maximum Gasteiger partial charge on any atom is 0.330 e. The number of esters is 1. The number of hydrogen-bond donors (Lipinski definition) is 0. The van der Waals surface area contributed by atoms with E-state index in [9.17, 15) is 14.4 Å². The zero-order valence-corrected chi connectivity index (χ0v) is 8.91. The highest BCUT2D eigenvalue weighted by Crippen LogP contribution is 2.34. The van der Waals surface area contributed by atoms with Crippen LogP contribution in [-0.2, 0) is 19.1 Å². The summed E-state index contributed by atoms with van der Waals surface area (Å²) in [5.74, 6) is -0.555. The smallest absolute Gasteiger partial charge is 0.330 e. The van der Waals surface area contributed by atoms with Gasteiger partial charge in [-0.3, -0.25) is 9.59 Å². The average molecular weight is 210 g/mol. The number of ether oxygens (including phenoxy) is 1. The zero-order valence-electron chi connectivity index (χ0n) is 8.91. The first-order valence-electron chi connectivity index (χ1n) is 4.82. The molecule has 0 aromatic heterocycles. The molecule has 0 unspecified atom stereocenters. The summed E-state index contributed by atoms with van der Waals surface area (Å²) < 4.78 is 4.41. The predicted molar refractivity (Wildman–Crippen MR) is 53.1 cm³/mol. The second kappa shape index (κ2) is 4.38. The molecular formula is C11H14O4. The van der Waals surface area contributed by atoms with Gasteiger partial charge in [0, 0.05) is 18.9 Å². The topological polar surface area (TPSA) is 60.4 Å².